The highest BCUT2D eigenvalue weighted by Crippen LogP contribution is 2.36. The van der Waals surface area contributed by atoms with E-state index in [0.717, 1.165) is 23.8 Å². The van der Waals surface area contributed by atoms with Crippen LogP contribution in [-0.2, 0) is 4.84 Å². The summed E-state index contributed by atoms with van der Waals surface area (Å²) in [6.45, 7) is 2.59. The van der Waals surface area contributed by atoms with Gasteiger partial charge in [-0.15, -0.1) is 5.06 Å². The van der Waals surface area contributed by atoms with Crippen LogP contribution in [0.2, 0.25) is 0 Å². The fourth-order valence-electron chi connectivity index (χ4n) is 2.44. The average molecular weight is 287 g/mol. The van der Waals surface area contributed by atoms with Gasteiger partial charge in [0.25, 0.3) is 0 Å². The molecule has 0 saturated heterocycles. The van der Waals surface area contributed by atoms with Crippen LogP contribution in [0.15, 0.2) is 54.6 Å². The van der Waals surface area contributed by atoms with Gasteiger partial charge in [-0.1, -0.05) is 30.3 Å². The van der Waals surface area contributed by atoms with Crippen LogP contribution in [0.5, 0.6) is 0 Å². The number of rotatable bonds is 3. The van der Waals surface area contributed by atoms with Crippen molar-refractivity contribution in [3.05, 3.63) is 77.4 Å². The van der Waals surface area contributed by atoms with E-state index in [1.165, 1.54) is 0 Å². The van der Waals surface area contributed by atoms with Gasteiger partial charge in [-0.05, 0) is 36.8 Å². The number of benzene rings is 2. The van der Waals surface area contributed by atoms with Crippen molar-refractivity contribution in [3.8, 4) is 0 Å². The number of hydrogen-bond acceptors (Lipinski definition) is 2. The second kappa shape index (κ2) is 5.66. The smallest absolute Gasteiger partial charge is 0.155 e. The molecule has 0 aromatic heterocycles. The summed E-state index contributed by atoms with van der Waals surface area (Å²) in [5.74, 6) is -0.628. The second-order valence-corrected chi connectivity index (χ2v) is 4.84. The van der Waals surface area contributed by atoms with Gasteiger partial charge in [0.2, 0.25) is 0 Å². The molecule has 1 atom stereocenters. The summed E-state index contributed by atoms with van der Waals surface area (Å²) in [6.07, 6.45) is 1.82. The zero-order chi connectivity index (χ0) is 14.8. The number of hydrogen-bond donors (Lipinski definition) is 0. The molecular weight excluding hydrogens is 272 g/mol. The standard InChI is InChI=1S/C17H15F2NO/c1-2-20-16(12-6-4-3-5-7-12)11-17(21-20)14-10-13(18)8-9-15(14)19/h3-11,16H,2H2,1H3. The Labute approximate surface area is 122 Å². The third-order valence-electron chi connectivity index (χ3n) is 3.48. The van der Waals surface area contributed by atoms with E-state index >= 15 is 0 Å². The molecule has 0 saturated carbocycles. The minimum absolute atomic E-state index is 0.103. The number of likely N-dealkylation sites (N-methyl/N-ethyl adjacent to an activating group) is 1. The van der Waals surface area contributed by atoms with Crippen molar-refractivity contribution in [2.75, 3.05) is 6.54 Å². The number of hydroxylamine groups is 2. The molecule has 3 rings (SSSR count). The molecule has 1 heterocycles. The predicted octanol–water partition coefficient (Wildman–Crippen LogP) is 4.31. The highest BCUT2D eigenvalue weighted by Gasteiger charge is 2.29. The summed E-state index contributed by atoms with van der Waals surface area (Å²) in [6, 6.07) is 13.1. The normalized spacial score (nSPS) is 18.4. The van der Waals surface area contributed by atoms with Crippen LogP contribution >= 0.6 is 0 Å². The summed E-state index contributed by atoms with van der Waals surface area (Å²) >= 11 is 0. The molecule has 2 aromatic rings. The molecule has 2 nitrogen and oxygen atoms in total. The molecule has 0 N–H and O–H groups in total. The Balaban J connectivity index is 1.99. The summed E-state index contributed by atoms with van der Waals surface area (Å²) in [4.78, 5) is 5.69. The molecular formula is C17H15F2NO. The molecule has 108 valence electrons. The van der Waals surface area contributed by atoms with Crippen molar-refractivity contribution in [1.82, 2.24) is 5.06 Å². The molecule has 2 aromatic carbocycles. The fourth-order valence-corrected chi connectivity index (χ4v) is 2.44. The molecule has 1 aliphatic heterocycles. The van der Waals surface area contributed by atoms with Gasteiger partial charge in [0.05, 0.1) is 11.6 Å². The van der Waals surface area contributed by atoms with Gasteiger partial charge in [0.1, 0.15) is 11.6 Å². The quantitative estimate of drug-likeness (QED) is 0.834. The SMILES string of the molecule is CCN1OC(c2cc(F)ccc2F)=CC1c1ccccc1. The Bertz CT molecular complexity index is 670. The van der Waals surface area contributed by atoms with Crippen LogP contribution in [0.4, 0.5) is 8.78 Å². The second-order valence-electron chi connectivity index (χ2n) is 4.84. The van der Waals surface area contributed by atoms with Crippen molar-refractivity contribution >= 4 is 5.76 Å². The highest BCUT2D eigenvalue weighted by atomic mass is 19.1. The molecule has 0 aliphatic carbocycles. The van der Waals surface area contributed by atoms with E-state index in [9.17, 15) is 8.78 Å². The zero-order valence-corrected chi connectivity index (χ0v) is 11.6. The summed E-state index contributed by atoms with van der Waals surface area (Å²) in [5.41, 5.74) is 1.19. The van der Waals surface area contributed by atoms with Crippen LogP contribution in [0.25, 0.3) is 5.76 Å². The van der Waals surface area contributed by atoms with Gasteiger partial charge in [-0.2, -0.15) is 0 Å². The molecule has 0 amide bonds. The lowest BCUT2D eigenvalue weighted by molar-refractivity contribution is -0.0878. The molecule has 0 bridgehead atoms. The first kappa shape index (κ1) is 13.8. The van der Waals surface area contributed by atoms with Crippen LogP contribution in [0.1, 0.15) is 24.1 Å². The van der Waals surface area contributed by atoms with Crippen molar-refractivity contribution in [2.45, 2.75) is 13.0 Å². The fraction of sp³-hybridized carbons (Fsp3) is 0.176. The van der Waals surface area contributed by atoms with Gasteiger partial charge in [0.15, 0.2) is 5.76 Å². The van der Waals surface area contributed by atoms with Crippen molar-refractivity contribution in [2.24, 2.45) is 0 Å². The Hall–Kier alpha value is -2.20. The summed E-state index contributed by atoms with van der Waals surface area (Å²) in [5, 5.41) is 1.75. The lowest BCUT2D eigenvalue weighted by Crippen LogP contribution is -2.22. The van der Waals surface area contributed by atoms with Gasteiger partial charge in [0, 0.05) is 6.54 Å². The Morgan fingerprint density at radius 1 is 1.10 bits per heavy atom. The first-order valence-electron chi connectivity index (χ1n) is 6.86. The van der Waals surface area contributed by atoms with Crippen molar-refractivity contribution in [1.29, 1.82) is 0 Å². The lowest BCUT2D eigenvalue weighted by atomic mass is 10.0. The van der Waals surface area contributed by atoms with Gasteiger partial charge >= 0.3 is 0 Å². The first-order chi connectivity index (χ1) is 10.2. The van der Waals surface area contributed by atoms with Crippen LogP contribution in [-0.4, -0.2) is 11.6 Å². The summed E-state index contributed by atoms with van der Waals surface area (Å²) < 4.78 is 27.2. The maximum atomic E-state index is 13.9. The van der Waals surface area contributed by atoms with Crippen LogP contribution in [0, 0.1) is 11.6 Å². The molecule has 0 radical (unpaired) electrons. The van der Waals surface area contributed by atoms with E-state index < -0.39 is 11.6 Å². The molecule has 1 aliphatic rings. The molecule has 21 heavy (non-hydrogen) atoms. The van der Waals surface area contributed by atoms with Crippen molar-refractivity contribution < 1.29 is 13.6 Å². The molecule has 1 unspecified atom stereocenters. The molecule has 4 heteroatoms. The third-order valence-corrected chi connectivity index (χ3v) is 3.48. The van der Waals surface area contributed by atoms with E-state index in [1.807, 2.05) is 43.3 Å². The number of nitrogens with zero attached hydrogens (tertiary/aromatic N) is 1. The van der Waals surface area contributed by atoms with E-state index in [4.69, 9.17) is 4.84 Å². The maximum Gasteiger partial charge on any atom is 0.155 e. The number of halogens is 2. The Morgan fingerprint density at radius 3 is 2.57 bits per heavy atom. The minimum atomic E-state index is -0.493. The maximum absolute atomic E-state index is 13.9. The largest absolute Gasteiger partial charge is 0.405 e. The first-order valence-corrected chi connectivity index (χ1v) is 6.86. The van der Waals surface area contributed by atoms with Crippen LogP contribution < -0.4 is 0 Å². The highest BCUT2D eigenvalue weighted by molar-refractivity contribution is 5.63. The van der Waals surface area contributed by atoms with Gasteiger partial charge < -0.3 is 4.84 Å². The average Bonchev–Trinajstić information content (AvgIpc) is 2.94. The Morgan fingerprint density at radius 2 is 1.86 bits per heavy atom. The van der Waals surface area contributed by atoms with E-state index in [0.29, 0.717) is 12.3 Å². The molecule has 0 fully saturated rings. The molecule has 0 spiro atoms. The van der Waals surface area contributed by atoms with E-state index in [2.05, 4.69) is 0 Å². The predicted molar refractivity (Wildman–Crippen MR) is 77.0 cm³/mol. The monoisotopic (exact) mass is 287 g/mol. The Kier molecular flexibility index (Phi) is 3.71. The lowest BCUT2D eigenvalue weighted by Gasteiger charge is -2.21. The van der Waals surface area contributed by atoms with E-state index in [1.54, 1.807) is 5.06 Å². The van der Waals surface area contributed by atoms with Gasteiger partial charge in [-0.3, -0.25) is 0 Å². The third kappa shape index (κ3) is 2.67. The van der Waals surface area contributed by atoms with Crippen molar-refractivity contribution in [3.63, 3.8) is 0 Å². The van der Waals surface area contributed by atoms with Crippen LogP contribution in [0.3, 0.4) is 0 Å². The topological polar surface area (TPSA) is 12.5 Å². The minimum Gasteiger partial charge on any atom is -0.405 e. The summed E-state index contributed by atoms with van der Waals surface area (Å²) in [7, 11) is 0. The van der Waals surface area contributed by atoms with E-state index in [-0.39, 0.29) is 11.6 Å². The van der Waals surface area contributed by atoms with Gasteiger partial charge in [-0.25, -0.2) is 8.78 Å². The zero-order valence-electron chi connectivity index (χ0n) is 11.6.